The standard InChI is InChI=1S/C17H26N2O4S/c1-13-7-6-10-18(12-13)17(20)14(2)19(24(4,21)22)15-8-5-9-16(11-15)23-3/h5,8-9,11,13-14H,6-7,10,12H2,1-4H3/t13-,14-/m0/s1. The highest BCUT2D eigenvalue weighted by Gasteiger charge is 2.33. The van der Waals surface area contributed by atoms with Crippen LogP contribution in [0.1, 0.15) is 26.7 Å². The van der Waals surface area contributed by atoms with E-state index in [9.17, 15) is 13.2 Å². The van der Waals surface area contributed by atoms with Gasteiger partial charge in [-0.2, -0.15) is 0 Å². The van der Waals surface area contributed by atoms with Crippen LogP contribution in [0.2, 0.25) is 0 Å². The summed E-state index contributed by atoms with van der Waals surface area (Å²) in [4.78, 5) is 14.6. The Morgan fingerprint density at radius 1 is 1.42 bits per heavy atom. The summed E-state index contributed by atoms with van der Waals surface area (Å²) in [5.74, 6) is 0.834. The molecule has 24 heavy (non-hydrogen) atoms. The Hall–Kier alpha value is -1.76. The largest absolute Gasteiger partial charge is 0.497 e. The van der Waals surface area contributed by atoms with E-state index >= 15 is 0 Å². The lowest BCUT2D eigenvalue weighted by molar-refractivity contribution is -0.133. The number of anilines is 1. The van der Waals surface area contributed by atoms with Gasteiger partial charge in [-0.3, -0.25) is 9.10 Å². The molecular formula is C17H26N2O4S. The topological polar surface area (TPSA) is 66.9 Å². The molecule has 0 radical (unpaired) electrons. The van der Waals surface area contributed by atoms with Gasteiger partial charge in [0.1, 0.15) is 11.8 Å². The molecule has 2 rings (SSSR count). The maximum atomic E-state index is 12.8. The van der Waals surface area contributed by atoms with Crippen molar-refractivity contribution in [1.82, 2.24) is 4.90 Å². The van der Waals surface area contributed by atoms with Crippen molar-refractivity contribution in [3.05, 3.63) is 24.3 Å². The minimum absolute atomic E-state index is 0.158. The summed E-state index contributed by atoms with van der Waals surface area (Å²) in [6.07, 6.45) is 3.18. The van der Waals surface area contributed by atoms with Crippen molar-refractivity contribution in [2.24, 2.45) is 5.92 Å². The molecule has 0 saturated carbocycles. The third kappa shape index (κ3) is 4.20. The number of benzene rings is 1. The highest BCUT2D eigenvalue weighted by Crippen LogP contribution is 2.26. The number of ether oxygens (including phenoxy) is 1. The lowest BCUT2D eigenvalue weighted by Crippen LogP contribution is -2.51. The van der Waals surface area contributed by atoms with E-state index in [1.54, 1.807) is 36.1 Å². The Labute approximate surface area is 144 Å². The SMILES string of the molecule is COc1cccc(N([C@@H](C)C(=O)N2CCC[C@H](C)C2)S(C)(=O)=O)c1. The van der Waals surface area contributed by atoms with Crippen LogP contribution in [0.5, 0.6) is 5.75 Å². The predicted molar refractivity (Wildman–Crippen MR) is 94.8 cm³/mol. The number of likely N-dealkylation sites (tertiary alicyclic amines) is 1. The highest BCUT2D eigenvalue weighted by atomic mass is 32.2. The first kappa shape index (κ1) is 18.6. The van der Waals surface area contributed by atoms with Crippen molar-refractivity contribution in [3.8, 4) is 5.75 Å². The molecule has 0 aromatic heterocycles. The van der Waals surface area contributed by atoms with Crippen LogP contribution < -0.4 is 9.04 Å². The molecule has 1 amide bonds. The average molecular weight is 354 g/mol. The highest BCUT2D eigenvalue weighted by molar-refractivity contribution is 7.92. The van der Waals surface area contributed by atoms with Gasteiger partial charge in [0, 0.05) is 19.2 Å². The smallest absolute Gasteiger partial charge is 0.246 e. The van der Waals surface area contributed by atoms with Crippen LogP contribution in [-0.4, -0.2) is 51.7 Å². The number of carbonyl (C=O) groups excluding carboxylic acids is 1. The molecule has 0 spiro atoms. The van der Waals surface area contributed by atoms with Crippen molar-refractivity contribution in [2.75, 3.05) is 30.8 Å². The van der Waals surface area contributed by atoms with Gasteiger partial charge in [0.15, 0.2) is 0 Å². The van der Waals surface area contributed by atoms with Gasteiger partial charge >= 0.3 is 0 Å². The molecule has 1 aliphatic heterocycles. The monoisotopic (exact) mass is 354 g/mol. The number of nitrogens with zero attached hydrogens (tertiary/aromatic N) is 2. The molecule has 0 bridgehead atoms. The molecule has 1 aromatic carbocycles. The fraction of sp³-hybridized carbons (Fsp3) is 0.588. The Morgan fingerprint density at radius 3 is 2.71 bits per heavy atom. The third-order valence-corrected chi connectivity index (χ3v) is 5.58. The average Bonchev–Trinajstić information content (AvgIpc) is 2.53. The fourth-order valence-corrected chi connectivity index (χ4v) is 4.37. The van der Waals surface area contributed by atoms with Crippen molar-refractivity contribution in [3.63, 3.8) is 0 Å². The zero-order valence-electron chi connectivity index (χ0n) is 14.7. The van der Waals surface area contributed by atoms with Crippen LogP contribution in [0.4, 0.5) is 5.69 Å². The molecule has 7 heteroatoms. The normalized spacial score (nSPS) is 19.7. The molecule has 6 nitrogen and oxygen atoms in total. The van der Waals surface area contributed by atoms with E-state index in [-0.39, 0.29) is 5.91 Å². The van der Waals surface area contributed by atoms with Crippen LogP contribution in [0.15, 0.2) is 24.3 Å². The third-order valence-electron chi connectivity index (χ3n) is 4.34. The first-order valence-corrected chi connectivity index (χ1v) is 10.0. The summed E-state index contributed by atoms with van der Waals surface area (Å²) in [7, 11) is -2.09. The number of hydrogen-bond acceptors (Lipinski definition) is 4. The summed E-state index contributed by atoms with van der Waals surface area (Å²) >= 11 is 0. The quantitative estimate of drug-likeness (QED) is 0.812. The number of sulfonamides is 1. The Balaban J connectivity index is 2.32. The second kappa shape index (κ2) is 7.42. The van der Waals surface area contributed by atoms with E-state index in [1.807, 2.05) is 0 Å². The van der Waals surface area contributed by atoms with E-state index in [2.05, 4.69) is 6.92 Å². The Morgan fingerprint density at radius 2 is 2.12 bits per heavy atom. The summed E-state index contributed by atoms with van der Waals surface area (Å²) in [5.41, 5.74) is 0.433. The van der Waals surface area contributed by atoms with Crippen molar-refractivity contribution in [1.29, 1.82) is 0 Å². The second-order valence-electron chi connectivity index (χ2n) is 6.47. The number of rotatable bonds is 5. The number of hydrogen-bond donors (Lipinski definition) is 0. The first-order chi connectivity index (χ1) is 11.2. The number of methoxy groups -OCH3 is 1. The van der Waals surface area contributed by atoms with Crippen molar-refractivity contribution < 1.29 is 17.9 Å². The van der Waals surface area contributed by atoms with Crippen LogP contribution in [0.3, 0.4) is 0 Å². The summed E-state index contributed by atoms with van der Waals surface area (Å²) in [6, 6.07) is 5.96. The maximum absolute atomic E-state index is 12.8. The van der Waals surface area contributed by atoms with Gasteiger partial charge in [0.2, 0.25) is 15.9 Å². The minimum Gasteiger partial charge on any atom is -0.497 e. The molecule has 1 fully saturated rings. The lowest BCUT2D eigenvalue weighted by atomic mass is 10.00. The molecule has 1 aliphatic rings. The van der Waals surface area contributed by atoms with Gasteiger partial charge < -0.3 is 9.64 Å². The number of piperidine rings is 1. The summed E-state index contributed by atoms with van der Waals surface area (Å²) in [5, 5.41) is 0. The molecular weight excluding hydrogens is 328 g/mol. The Bertz CT molecular complexity index is 690. The molecule has 2 atom stereocenters. The second-order valence-corrected chi connectivity index (χ2v) is 8.33. The van der Waals surface area contributed by atoms with E-state index in [1.165, 1.54) is 11.4 Å². The molecule has 1 aromatic rings. The van der Waals surface area contributed by atoms with E-state index in [4.69, 9.17) is 4.74 Å². The molecule has 0 aliphatic carbocycles. The first-order valence-electron chi connectivity index (χ1n) is 8.16. The van der Waals surface area contributed by atoms with Crippen LogP contribution >= 0.6 is 0 Å². The van der Waals surface area contributed by atoms with Crippen molar-refractivity contribution in [2.45, 2.75) is 32.7 Å². The van der Waals surface area contributed by atoms with Gasteiger partial charge in [-0.15, -0.1) is 0 Å². The predicted octanol–water partition coefficient (Wildman–Crippen LogP) is 2.11. The Kier molecular flexibility index (Phi) is 5.74. The lowest BCUT2D eigenvalue weighted by Gasteiger charge is -2.36. The number of amides is 1. The minimum atomic E-state index is -3.61. The van der Waals surface area contributed by atoms with Crippen molar-refractivity contribution >= 4 is 21.6 Å². The molecule has 0 N–H and O–H groups in total. The van der Waals surface area contributed by atoms with Crippen LogP contribution in [0, 0.1) is 5.92 Å². The van der Waals surface area contributed by atoms with Gasteiger partial charge in [0.25, 0.3) is 0 Å². The molecule has 1 saturated heterocycles. The molecule has 134 valence electrons. The van der Waals surface area contributed by atoms with Crippen LogP contribution in [-0.2, 0) is 14.8 Å². The van der Waals surface area contributed by atoms with E-state index in [0.29, 0.717) is 30.4 Å². The molecule has 0 unspecified atom stereocenters. The van der Waals surface area contributed by atoms with E-state index in [0.717, 1.165) is 19.1 Å². The van der Waals surface area contributed by atoms with Gasteiger partial charge in [-0.05, 0) is 37.8 Å². The zero-order valence-corrected chi connectivity index (χ0v) is 15.5. The summed E-state index contributed by atoms with van der Waals surface area (Å²) < 4.78 is 31.0. The maximum Gasteiger partial charge on any atom is 0.246 e. The zero-order chi connectivity index (χ0) is 17.9. The van der Waals surface area contributed by atoms with Gasteiger partial charge in [-0.1, -0.05) is 13.0 Å². The van der Waals surface area contributed by atoms with Crippen LogP contribution in [0.25, 0.3) is 0 Å². The summed E-state index contributed by atoms with van der Waals surface area (Å²) in [6.45, 7) is 5.12. The van der Waals surface area contributed by atoms with Gasteiger partial charge in [-0.25, -0.2) is 8.42 Å². The van der Waals surface area contributed by atoms with Gasteiger partial charge in [0.05, 0.1) is 19.1 Å². The fourth-order valence-electron chi connectivity index (χ4n) is 3.20. The number of carbonyl (C=O) groups is 1. The van der Waals surface area contributed by atoms with E-state index < -0.39 is 16.1 Å². The molecule has 1 heterocycles.